The lowest BCUT2D eigenvalue weighted by atomic mass is 10.2. The summed E-state index contributed by atoms with van der Waals surface area (Å²) in [4.78, 5) is 22.8. The van der Waals surface area contributed by atoms with E-state index in [1.165, 1.54) is 25.5 Å². The Bertz CT molecular complexity index is 820. The van der Waals surface area contributed by atoms with Crippen LogP contribution in [0.2, 0.25) is 0 Å². The van der Waals surface area contributed by atoms with Crippen LogP contribution in [0.4, 0.5) is 5.69 Å². The summed E-state index contributed by atoms with van der Waals surface area (Å²) in [5, 5.41) is 15.0. The molecule has 0 heterocycles. The summed E-state index contributed by atoms with van der Waals surface area (Å²) < 4.78 is 10.5. The molecule has 0 aliphatic heterocycles. The molecule has 0 fully saturated rings. The Labute approximate surface area is 150 Å². The number of hydrazone groups is 1. The fourth-order valence-corrected chi connectivity index (χ4v) is 2.15. The first-order valence-corrected chi connectivity index (χ1v) is 7.94. The smallest absolute Gasteiger partial charge is 0.311 e. The average molecular weight is 357 g/mol. The van der Waals surface area contributed by atoms with Crippen molar-refractivity contribution < 1.29 is 19.2 Å². The molecule has 0 bridgehead atoms. The summed E-state index contributed by atoms with van der Waals surface area (Å²) in [6.07, 6.45) is 2.07. The van der Waals surface area contributed by atoms with Crippen LogP contribution in [0.25, 0.3) is 0 Å². The Morgan fingerprint density at radius 3 is 2.73 bits per heavy atom. The molecule has 1 N–H and O–H groups in total. The van der Waals surface area contributed by atoms with E-state index >= 15 is 0 Å². The summed E-state index contributed by atoms with van der Waals surface area (Å²) in [5.41, 5.74) is 3.01. The topological polar surface area (TPSA) is 103 Å². The Morgan fingerprint density at radius 2 is 2.04 bits per heavy atom. The van der Waals surface area contributed by atoms with E-state index < -0.39 is 10.8 Å². The van der Waals surface area contributed by atoms with Gasteiger partial charge < -0.3 is 9.47 Å². The first-order chi connectivity index (χ1) is 12.6. The second kappa shape index (κ2) is 9.16. The van der Waals surface area contributed by atoms with Crippen LogP contribution < -0.4 is 14.9 Å². The van der Waals surface area contributed by atoms with Gasteiger partial charge in [0.15, 0.2) is 5.75 Å². The number of carbonyl (C=O) groups is 1. The van der Waals surface area contributed by atoms with Crippen molar-refractivity contribution >= 4 is 17.8 Å². The van der Waals surface area contributed by atoms with Gasteiger partial charge in [0, 0.05) is 11.6 Å². The van der Waals surface area contributed by atoms with E-state index in [9.17, 15) is 14.9 Å². The minimum Gasteiger partial charge on any atom is -0.496 e. The Morgan fingerprint density at radius 1 is 1.27 bits per heavy atom. The first-order valence-electron chi connectivity index (χ1n) is 7.94. The monoisotopic (exact) mass is 357 g/mol. The van der Waals surface area contributed by atoms with Gasteiger partial charge in [-0.1, -0.05) is 19.1 Å². The molecule has 0 aliphatic rings. The molecular weight excluding hydrogens is 338 g/mol. The third-order valence-corrected chi connectivity index (χ3v) is 3.37. The highest BCUT2D eigenvalue weighted by Gasteiger charge is 2.15. The number of carbonyl (C=O) groups excluding carboxylic acids is 1. The lowest BCUT2D eigenvalue weighted by molar-refractivity contribution is -0.385. The van der Waals surface area contributed by atoms with Gasteiger partial charge in [-0.3, -0.25) is 14.9 Å². The zero-order valence-electron chi connectivity index (χ0n) is 14.5. The second-order valence-electron chi connectivity index (χ2n) is 5.23. The van der Waals surface area contributed by atoms with Crippen LogP contribution in [0, 0.1) is 10.1 Å². The van der Waals surface area contributed by atoms with Crippen molar-refractivity contribution in [3.8, 4) is 11.5 Å². The average Bonchev–Trinajstić information content (AvgIpc) is 2.66. The Hall–Kier alpha value is -3.42. The molecule has 0 saturated carbocycles. The highest BCUT2D eigenvalue weighted by Crippen LogP contribution is 2.27. The van der Waals surface area contributed by atoms with Crippen molar-refractivity contribution in [2.24, 2.45) is 5.10 Å². The number of nitro groups is 1. The molecule has 26 heavy (non-hydrogen) atoms. The third-order valence-electron chi connectivity index (χ3n) is 3.37. The number of para-hydroxylation sites is 1. The van der Waals surface area contributed by atoms with Gasteiger partial charge in [0.1, 0.15) is 5.75 Å². The van der Waals surface area contributed by atoms with Crippen LogP contribution in [-0.4, -0.2) is 30.8 Å². The lowest BCUT2D eigenvalue weighted by Crippen LogP contribution is -2.18. The van der Waals surface area contributed by atoms with Crippen molar-refractivity contribution in [3.63, 3.8) is 0 Å². The molecule has 0 aliphatic carbocycles. The predicted molar refractivity (Wildman–Crippen MR) is 96.9 cm³/mol. The van der Waals surface area contributed by atoms with Crippen LogP contribution in [0.5, 0.6) is 11.5 Å². The van der Waals surface area contributed by atoms with Crippen LogP contribution >= 0.6 is 0 Å². The summed E-state index contributed by atoms with van der Waals surface area (Å²) >= 11 is 0. The van der Waals surface area contributed by atoms with E-state index in [0.717, 1.165) is 6.42 Å². The molecule has 0 aromatic heterocycles. The van der Waals surface area contributed by atoms with Gasteiger partial charge >= 0.3 is 5.69 Å². The van der Waals surface area contributed by atoms with E-state index in [1.54, 1.807) is 30.3 Å². The van der Waals surface area contributed by atoms with Crippen LogP contribution in [-0.2, 0) is 0 Å². The second-order valence-corrected chi connectivity index (χ2v) is 5.23. The largest absolute Gasteiger partial charge is 0.496 e. The molecule has 0 atom stereocenters. The molecule has 1 amide bonds. The van der Waals surface area contributed by atoms with Crippen LogP contribution in [0.1, 0.15) is 29.3 Å². The molecular formula is C18H19N3O5. The molecule has 136 valence electrons. The molecule has 2 aromatic rings. The van der Waals surface area contributed by atoms with Crippen LogP contribution in [0.3, 0.4) is 0 Å². The third kappa shape index (κ3) is 4.79. The maximum Gasteiger partial charge on any atom is 0.311 e. The number of hydrogen-bond donors (Lipinski definition) is 1. The number of nitro benzene ring substituents is 1. The van der Waals surface area contributed by atoms with Gasteiger partial charge in [0.05, 0.1) is 30.4 Å². The summed E-state index contributed by atoms with van der Waals surface area (Å²) in [5.74, 6) is 0.177. The normalized spacial score (nSPS) is 10.5. The first kappa shape index (κ1) is 18.9. The number of nitrogens with zero attached hydrogens (tertiary/aromatic N) is 2. The Balaban J connectivity index is 2.11. The van der Waals surface area contributed by atoms with Crippen molar-refractivity contribution in [2.75, 3.05) is 13.7 Å². The predicted octanol–water partition coefficient (Wildman–Crippen LogP) is 3.16. The van der Waals surface area contributed by atoms with E-state index in [2.05, 4.69) is 10.5 Å². The molecule has 0 radical (unpaired) electrons. The quantitative estimate of drug-likeness (QED) is 0.444. The number of ether oxygens (including phenoxy) is 2. The van der Waals surface area contributed by atoms with E-state index in [0.29, 0.717) is 23.5 Å². The zero-order valence-corrected chi connectivity index (χ0v) is 14.5. The molecule has 8 heteroatoms. The number of hydrogen-bond acceptors (Lipinski definition) is 6. The fraction of sp³-hybridized carbons (Fsp3) is 0.222. The highest BCUT2D eigenvalue weighted by molar-refractivity contribution is 5.97. The minimum atomic E-state index is -0.518. The molecule has 2 rings (SSSR count). The van der Waals surface area contributed by atoms with Crippen molar-refractivity contribution in [2.45, 2.75) is 13.3 Å². The van der Waals surface area contributed by atoms with Gasteiger partial charge in [-0.05, 0) is 30.7 Å². The number of rotatable bonds is 8. The van der Waals surface area contributed by atoms with Gasteiger partial charge in [0.25, 0.3) is 5.91 Å². The number of methoxy groups -OCH3 is 1. The van der Waals surface area contributed by atoms with Crippen molar-refractivity contribution in [3.05, 3.63) is 63.7 Å². The molecule has 0 unspecified atom stereocenters. The highest BCUT2D eigenvalue weighted by atomic mass is 16.6. The fourth-order valence-electron chi connectivity index (χ4n) is 2.15. The van der Waals surface area contributed by atoms with Crippen molar-refractivity contribution in [1.82, 2.24) is 5.43 Å². The van der Waals surface area contributed by atoms with E-state index in [4.69, 9.17) is 9.47 Å². The zero-order chi connectivity index (χ0) is 18.9. The SMILES string of the molecule is CCCOc1ccc(/C=N/NC(=O)c2ccccc2OC)cc1[N+](=O)[O-]. The van der Waals surface area contributed by atoms with E-state index in [-0.39, 0.29) is 11.4 Å². The van der Waals surface area contributed by atoms with Gasteiger partial charge in [-0.2, -0.15) is 5.10 Å². The summed E-state index contributed by atoms with van der Waals surface area (Å²) in [7, 11) is 1.47. The number of amides is 1. The number of nitrogens with one attached hydrogen (secondary N) is 1. The van der Waals surface area contributed by atoms with Crippen LogP contribution in [0.15, 0.2) is 47.6 Å². The molecule has 0 spiro atoms. The lowest BCUT2D eigenvalue weighted by Gasteiger charge is -2.06. The van der Waals surface area contributed by atoms with Gasteiger partial charge in [0.2, 0.25) is 0 Å². The van der Waals surface area contributed by atoms with Gasteiger partial charge in [-0.25, -0.2) is 5.43 Å². The van der Waals surface area contributed by atoms with Gasteiger partial charge in [-0.15, -0.1) is 0 Å². The maximum absolute atomic E-state index is 12.1. The molecule has 0 saturated heterocycles. The maximum atomic E-state index is 12.1. The standard InChI is InChI=1S/C18H19N3O5/c1-3-10-26-17-9-8-13(11-15(17)21(23)24)12-19-20-18(22)14-6-4-5-7-16(14)25-2/h4-9,11-12H,3,10H2,1-2H3,(H,20,22)/b19-12+. The molecule has 8 nitrogen and oxygen atoms in total. The minimum absolute atomic E-state index is 0.154. The Kier molecular flexibility index (Phi) is 6.67. The van der Waals surface area contributed by atoms with E-state index in [1.807, 2.05) is 6.92 Å². The number of benzene rings is 2. The van der Waals surface area contributed by atoms with Crippen molar-refractivity contribution in [1.29, 1.82) is 0 Å². The summed E-state index contributed by atoms with van der Waals surface area (Å²) in [6.45, 7) is 2.31. The molecule has 2 aromatic carbocycles. The summed E-state index contributed by atoms with van der Waals surface area (Å²) in [6, 6.07) is 11.2.